The summed E-state index contributed by atoms with van der Waals surface area (Å²) in [5, 5.41) is 0. The van der Waals surface area contributed by atoms with Gasteiger partial charge < -0.3 is 10.5 Å². The number of carbonyl (C=O) groups is 1. The van der Waals surface area contributed by atoms with Crippen LogP contribution >= 0.6 is 11.3 Å². The fourth-order valence-electron chi connectivity index (χ4n) is 1.55. The SMILES string of the molecule is CC(C)(C)OC(=O)c1sc(-c2ccncc2)cc1N. The van der Waals surface area contributed by atoms with Crippen molar-refractivity contribution in [3.8, 4) is 10.4 Å². The third-order valence-electron chi connectivity index (χ3n) is 2.31. The van der Waals surface area contributed by atoms with Crippen molar-refractivity contribution >= 4 is 23.0 Å². The smallest absolute Gasteiger partial charge is 0.350 e. The zero-order chi connectivity index (χ0) is 14.0. The molecule has 0 aliphatic carbocycles. The first kappa shape index (κ1) is 13.5. The van der Waals surface area contributed by atoms with E-state index in [1.165, 1.54) is 11.3 Å². The number of hydrogen-bond acceptors (Lipinski definition) is 5. The van der Waals surface area contributed by atoms with Gasteiger partial charge in [0.2, 0.25) is 0 Å². The second-order valence-electron chi connectivity index (χ2n) is 5.13. The van der Waals surface area contributed by atoms with Gasteiger partial charge in [-0.05, 0) is 44.5 Å². The molecule has 100 valence electrons. The van der Waals surface area contributed by atoms with E-state index in [0.29, 0.717) is 10.6 Å². The number of esters is 1. The van der Waals surface area contributed by atoms with Gasteiger partial charge in [-0.25, -0.2) is 4.79 Å². The van der Waals surface area contributed by atoms with E-state index in [4.69, 9.17) is 10.5 Å². The number of aromatic nitrogens is 1. The summed E-state index contributed by atoms with van der Waals surface area (Å²) in [5.41, 5.74) is 6.81. The Labute approximate surface area is 116 Å². The van der Waals surface area contributed by atoms with Crippen LogP contribution in [0.25, 0.3) is 10.4 Å². The van der Waals surface area contributed by atoms with E-state index in [1.807, 2.05) is 32.9 Å². The number of hydrogen-bond donors (Lipinski definition) is 1. The molecule has 0 saturated carbocycles. The van der Waals surface area contributed by atoms with E-state index >= 15 is 0 Å². The monoisotopic (exact) mass is 276 g/mol. The van der Waals surface area contributed by atoms with Gasteiger partial charge >= 0.3 is 5.97 Å². The zero-order valence-electron chi connectivity index (χ0n) is 11.1. The minimum atomic E-state index is -0.523. The number of thiophene rings is 1. The number of pyridine rings is 1. The van der Waals surface area contributed by atoms with Crippen LogP contribution in [0, 0.1) is 0 Å². The lowest BCUT2D eigenvalue weighted by molar-refractivity contribution is 0.00764. The molecule has 0 spiro atoms. The van der Waals surface area contributed by atoms with Crippen LogP contribution in [0.2, 0.25) is 0 Å². The number of carbonyl (C=O) groups excluding carboxylic acids is 1. The van der Waals surface area contributed by atoms with Crippen molar-refractivity contribution in [3.05, 3.63) is 35.5 Å². The standard InChI is InChI=1S/C14H16N2O2S/c1-14(2,3)18-13(17)12-10(15)8-11(19-12)9-4-6-16-7-5-9/h4-8H,15H2,1-3H3. The average Bonchev–Trinajstić information content (AvgIpc) is 2.70. The molecule has 0 amide bonds. The second-order valence-corrected chi connectivity index (χ2v) is 6.19. The van der Waals surface area contributed by atoms with Gasteiger partial charge in [0.15, 0.2) is 0 Å². The van der Waals surface area contributed by atoms with Crippen LogP contribution in [0.3, 0.4) is 0 Å². The third kappa shape index (κ3) is 3.32. The summed E-state index contributed by atoms with van der Waals surface area (Å²) in [5.74, 6) is -0.379. The Morgan fingerprint density at radius 3 is 2.53 bits per heavy atom. The molecule has 2 aromatic rings. The van der Waals surface area contributed by atoms with E-state index in [1.54, 1.807) is 18.5 Å². The Morgan fingerprint density at radius 1 is 1.32 bits per heavy atom. The van der Waals surface area contributed by atoms with Gasteiger partial charge in [-0.2, -0.15) is 0 Å². The van der Waals surface area contributed by atoms with E-state index in [2.05, 4.69) is 4.98 Å². The summed E-state index contributed by atoms with van der Waals surface area (Å²) in [6.07, 6.45) is 3.41. The molecule has 0 aromatic carbocycles. The maximum Gasteiger partial charge on any atom is 0.350 e. The molecule has 0 bridgehead atoms. The lowest BCUT2D eigenvalue weighted by atomic mass is 10.2. The molecule has 0 aliphatic rings. The lowest BCUT2D eigenvalue weighted by Crippen LogP contribution is -2.23. The Morgan fingerprint density at radius 2 is 1.95 bits per heavy atom. The van der Waals surface area contributed by atoms with Gasteiger partial charge in [-0.3, -0.25) is 4.98 Å². The number of anilines is 1. The maximum atomic E-state index is 12.0. The normalized spacial score (nSPS) is 11.3. The predicted molar refractivity (Wildman–Crippen MR) is 77.1 cm³/mol. The zero-order valence-corrected chi connectivity index (χ0v) is 12.0. The third-order valence-corrected chi connectivity index (χ3v) is 3.49. The molecule has 0 unspecified atom stereocenters. The Balaban J connectivity index is 2.30. The lowest BCUT2D eigenvalue weighted by Gasteiger charge is -2.18. The summed E-state index contributed by atoms with van der Waals surface area (Å²) < 4.78 is 5.33. The van der Waals surface area contributed by atoms with Crippen LogP contribution in [0.15, 0.2) is 30.6 Å². The molecule has 0 aliphatic heterocycles. The molecule has 19 heavy (non-hydrogen) atoms. The van der Waals surface area contributed by atoms with E-state index in [9.17, 15) is 4.79 Å². The molecule has 2 rings (SSSR count). The maximum absolute atomic E-state index is 12.0. The minimum Gasteiger partial charge on any atom is -0.456 e. The summed E-state index contributed by atoms with van der Waals surface area (Å²) in [7, 11) is 0. The van der Waals surface area contributed by atoms with Gasteiger partial charge in [-0.15, -0.1) is 11.3 Å². The number of nitrogen functional groups attached to an aromatic ring is 1. The Bertz CT molecular complexity index is 585. The van der Waals surface area contributed by atoms with E-state index in [0.717, 1.165) is 10.4 Å². The van der Waals surface area contributed by atoms with Crippen molar-refractivity contribution in [1.29, 1.82) is 0 Å². The highest BCUT2D eigenvalue weighted by atomic mass is 32.1. The van der Waals surface area contributed by atoms with Gasteiger partial charge in [0.05, 0.1) is 5.69 Å². The van der Waals surface area contributed by atoms with Gasteiger partial charge in [0.1, 0.15) is 10.5 Å². The highest BCUT2D eigenvalue weighted by Crippen LogP contribution is 2.33. The Hall–Kier alpha value is -1.88. The fourth-order valence-corrected chi connectivity index (χ4v) is 2.51. The average molecular weight is 276 g/mol. The van der Waals surface area contributed by atoms with Crippen molar-refractivity contribution in [1.82, 2.24) is 4.98 Å². The number of rotatable bonds is 2. The highest BCUT2D eigenvalue weighted by Gasteiger charge is 2.22. The van der Waals surface area contributed by atoms with Crippen LogP contribution in [0.1, 0.15) is 30.4 Å². The molecule has 2 aromatic heterocycles. The molecular weight excluding hydrogens is 260 g/mol. The van der Waals surface area contributed by atoms with Gasteiger partial charge in [0.25, 0.3) is 0 Å². The van der Waals surface area contributed by atoms with Crippen LogP contribution in [0.4, 0.5) is 5.69 Å². The van der Waals surface area contributed by atoms with Gasteiger partial charge in [0, 0.05) is 17.3 Å². The molecular formula is C14H16N2O2S. The molecule has 2 N–H and O–H groups in total. The summed E-state index contributed by atoms with van der Waals surface area (Å²) in [6, 6.07) is 5.55. The largest absolute Gasteiger partial charge is 0.456 e. The van der Waals surface area contributed by atoms with E-state index in [-0.39, 0.29) is 5.97 Å². The first-order chi connectivity index (χ1) is 8.87. The topological polar surface area (TPSA) is 65.2 Å². The minimum absolute atomic E-state index is 0.379. The van der Waals surface area contributed by atoms with Crippen molar-refractivity contribution in [3.63, 3.8) is 0 Å². The quantitative estimate of drug-likeness (QED) is 0.854. The highest BCUT2D eigenvalue weighted by molar-refractivity contribution is 7.18. The summed E-state index contributed by atoms with van der Waals surface area (Å²) >= 11 is 1.33. The van der Waals surface area contributed by atoms with Crippen molar-refractivity contribution in [2.24, 2.45) is 0 Å². The second kappa shape index (κ2) is 5.01. The summed E-state index contributed by atoms with van der Waals surface area (Å²) in [6.45, 7) is 5.50. The Kier molecular flexibility index (Phi) is 3.57. The van der Waals surface area contributed by atoms with Crippen LogP contribution in [-0.4, -0.2) is 16.6 Å². The molecule has 0 radical (unpaired) electrons. The number of nitrogens with two attached hydrogens (primary N) is 1. The molecule has 0 fully saturated rings. The molecule has 0 atom stereocenters. The van der Waals surface area contributed by atoms with Gasteiger partial charge in [-0.1, -0.05) is 0 Å². The van der Waals surface area contributed by atoms with Crippen LogP contribution in [0.5, 0.6) is 0 Å². The van der Waals surface area contributed by atoms with E-state index < -0.39 is 5.60 Å². The fraction of sp³-hybridized carbons (Fsp3) is 0.286. The number of ether oxygens (including phenoxy) is 1. The van der Waals surface area contributed by atoms with Crippen molar-refractivity contribution in [2.75, 3.05) is 5.73 Å². The molecule has 5 heteroatoms. The predicted octanol–water partition coefficient (Wildman–Crippen LogP) is 3.35. The van der Waals surface area contributed by atoms with Crippen molar-refractivity contribution < 1.29 is 9.53 Å². The van der Waals surface area contributed by atoms with Crippen LogP contribution < -0.4 is 5.73 Å². The number of nitrogens with zero attached hydrogens (tertiary/aromatic N) is 1. The van der Waals surface area contributed by atoms with Crippen LogP contribution in [-0.2, 0) is 4.74 Å². The first-order valence-electron chi connectivity index (χ1n) is 5.90. The molecule has 4 nitrogen and oxygen atoms in total. The first-order valence-corrected chi connectivity index (χ1v) is 6.71. The molecule has 0 saturated heterocycles. The van der Waals surface area contributed by atoms with Crippen molar-refractivity contribution in [2.45, 2.75) is 26.4 Å². The summed E-state index contributed by atoms with van der Waals surface area (Å²) in [4.78, 5) is 17.4. The molecule has 2 heterocycles.